The second kappa shape index (κ2) is 3.33. The Labute approximate surface area is 104 Å². The standard InChI is InChI=1S/C16H11NO/c18-15-9-11-8-10-4-1-2-5-12(10)13-6-3-7-14(17-15)16(11)13/h1-8H,9H2,(H,17,18). The Bertz CT molecular complexity index is 805. The van der Waals surface area contributed by atoms with E-state index in [1.54, 1.807) is 0 Å². The smallest absolute Gasteiger partial charge is 0.228 e. The van der Waals surface area contributed by atoms with Gasteiger partial charge in [0.2, 0.25) is 5.91 Å². The third kappa shape index (κ3) is 1.20. The van der Waals surface area contributed by atoms with E-state index >= 15 is 0 Å². The number of hydrogen-bond donors (Lipinski definition) is 1. The van der Waals surface area contributed by atoms with Crippen molar-refractivity contribution in [2.75, 3.05) is 5.32 Å². The lowest BCUT2D eigenvalue weighted by Gasteiger charge is -2.19. The van der Waals surface area contributed by atoms with Gasteiger partial charge >= 0.3 is 0 Å². The van der Waals surface area contributed by atoms with Crippen LogP contribution in [0.2, 0.25) is 0 Å². The summed E-state index contributed by atoms with van der Waals surface area (Å²) in [5.41, 5.74) is 2.06. The molecule has 18 heavy (non-hydrogen) atoms. The summed E-state index contributed by atoms with van der Waals surface area (Å²) in [6.45, 7) is 0. The minimum absolute atomic E-state index is 0.0743. The maximum atomic E-state index is 11.7. The number of hydrogen-bond acceptors (Lipinski definition) is 1. The van der Waals surface area contributed by atoms with Crippen LogP contribution in [0.15, 0.2) is 48.5 Å². The molecule has 0 atom stereocenters. The van der Waals surface area contributed by atoms with Gasteiger partial charge in [-0.15, -0.1) is 0 Å². The first-order valence-corrected chi connectivity index (χ1v) is 6.06. The van der Waals surface area contributed by atoms with E-state index in [1.807, 2.05) is 18.2 Å². The molecule has 1 N–H and O–H groups in total. The van der Waals surface area contributed by atoms with Crippen LogP contribution in [0.25, 0.3) is 21.5 Å². The molecule has 0 radical (unpaired) electrons. The zero-order chi connectivity index (χ0) is 12.1. The molecule has 0 saturated heterocycles. The predicted octanol–water partition coefficient (Wildman–Crippen LogP) is 3.49. The van der Waals surface area contributed by atoms with E-state index < -0.39 is 0 Å². The first-order valence-electron chi connectivity index (χ1n) is 6.06. The Balaban J connectivity index is 2.27. The Hall–Kier alpha value is -2.35. The molecule has 0 unspecified atom stereocenters. The van der Waals surface area contributed by atoms with Crippen molar-refractivity contribution in [1.29, 1.82) is 0 Å². The molecular weight excluding hydrogens is 222 g/mol. The summed E-state index contributed by atoms with van der Waals surface area (Å²) in [6.07, 6.45) is 0.471. The molecule has 0 aromatic heterocycles. The summed E-state index contributed by atoms with van der Waals surface area (Å²) in [6, 6.07) is 16.6. The predicted molar refractivity (Wildman–Crippen MR) is 73.8 cm³/mol. The zero-order valence-corrected chi connectivity index (χ0v) is 9.73. The van der Waals surface area contributed by atoms with Gasteiger partial charge in [0.1, 0.15) is 0 Å². The lowest BCUT2D eigenvalue weighted by Crippen LogP contribution is -2.19. The highest BCUT2D eigenvalue weighted by molar-refractivity contribution is 6.17. The Morgan fingerprint density at radius 2 is 1.78 bits per heavy atom. The zero-order valence-electron chi connectivity index (χ0n) is 9.73. The first kappa shape index (κ1) is 9.66. The summed E-state index contributed by atoms with van der Waals surface area (Å²) in [4.78, 5) is 11.7. The molecule has 1 aliphatic rings. The summed E-state index contributed by atoms with van der Waals surface area (Å²) in [7, 11) is 0. The molecule has 0 aliphatic carbocycles. The summed E-state index contributed by atoms with van der Waals surface area (Å²) < 4.78 is 0. The van der Waals surface area contributed by atoms with Gasteiger partial charge in [0.05, 0.1) is 6.42 Å². The Kier molecular flexibility index (Phi) is 1.78. The van der Waals surface area contributed by atoms with Crippen molar-refractivity contribution in [1.82, 2.24) is 0 Å². The fraction of sp³-hybridized carbons (Fsp3) is 0.0625. The van der Waals surface area contributed by atoms with Crippen LogP contribution in [0.5, 0.6) is 0 Å². The van der Waals surface area contributed by atoms with E-state index in [0.29, 0.717) is 6.42 Å². The molecular formula is C16H11NO. The summed E-state index contributed by atoms with van der Waals surface area (Å²) >= 11 is 0. The van der Waals surface area contributed by atoms with Crippen LogP contribution < -0.4 is 5.32 Å². The monoisotopic (exact) mass is 233 g/mol. The average molecular weight is 233 g/mol. The van der Waals surface area contributed by atoms with E-state index in [0.717, 1.165) is 11.3 Å². The number of carbonyl (C=O) groups excluding carboxylic acids is 1. The topological polar surface area (TPSA) is 29.1 Å². The molecule has 2 heteroatoms. The van der Waals surface area contributed by atoms with Crippen molar-refractivity contribution in [2.24, 2.45) is 0 Å². The van der Waals surface area contributed by atoms with Gasteiger partial charge in [0.25, 0.3) is 0 Å². The highest BCUT2D eigenvalue weighted by atomic mass is 16.1. The normalized spacial score (nSPS) is 13.9. The molecule has 4 rings (SSSR count). The number of fused-ring (bicyclic) bond motifs is 2. The third-order valence-electron chi connectivity index (χ3n) is 3.59. The first-order chi connectivity index (χ1) is 8.83. The van der Waals surface area contributed by atoms with Crippen molar-refractivity contribution in [3.63, 3.8) is 0 Å². The highest BCUT2D eigenvalue weighted by Crippen LogP contribution is 2.36. The van der Waals surface area contributed by atoms with Crippen LogP contribution in [0, 0.1) is 0 Å². The fourth-order valence-corrected chi connectivity index (χ4v) is 2.86. The van der Waals surface area contributed by atoms with Gasteiger partial charge in [-0.3, -0.25) is 4.79 Å². The minimum atomic E-state index is 0.0743. The van der Waals surface area contributed by atoms with Crippen LogP contribution in [0.3, 0.4) is 0 Å². The number of nitrogens with one attached hydrogen (secondary N) is 1. The third-order valence-corrected chi connectivity index (χ3v) is 3.59. The van der Waals surface area contributed by atoms with Crippen LogP contribution in [-0.4, -0.2) is 5.91 Å². The lowest BCUT2D eigenvalue weighted by atomic mass is 9.92. The second-order valence-electron chi connectivity index (χ2n) is 4.71. The van der Waals surface area contributed by atoms with Gasteiger partial charge in [-0.2, -0.15) is 0 Å². The highest BCUT2D eigenvalue weighted by Gasteiger charge is 2.18. The lowest BCUT2D eigenvalue weighted by molar-refractivity contribution is -0.115. The largest absolute Gasteiger partial charge is 0.325 e. The van der Waals surface area contributed by atoms with Gasteiger partial charge in [0, 0.05) is 11.1 Å². The minimum Gasteiger partial charge on any atom is -0.325 e. The van der Waals surface area contributed by atoms with E-state index in [9.17, 15) is 4.79 Å². The quantitative estimate of drug-likeness (QED) is 0.592. The molecule has 0 bridgehead atoms. The number of benzene rings is 3. The maximum absolute atomic E-state index is 11.7. The maximum Gasteiger partial charge on any atom is 0.228 e. The second-order valence-corrected chi connectivity index (χ2v) is 4.71. The van der Waals surface area contributed by atoms with Crippen LogP contribution in [-0.2, 0) is 11.2 Å². The van der Waals surface area contributed by atoms with E-state index in [2.05, 4.69) is 35.6 Å². The Morgan fingerprint density at radius 1 is 0.944 bits per heavy atom. The molecule has 1 aliphatic heterocycles. The van der Waals surface area contributed by atoms with Crippen molar-refractivity contribution < 1.29 is 4.79 Å². The van der Waals surface area contributed by atoms with Gasteiger partial charge in [-0.1, -0.05) is 36.4 Å². The van der Waals surface area contributed by atoms with Crippen molar-refractivity contribution in [3.8, 4) is 0 Å². The van der Waals surface area contributed by atoms with E-state index in [4.69, 9.17) is 0 Å². The molecule has 0 saturated carbocycles. The molecule has 0 spiro atoms. The van der Waals surface area contributed by atoms with Crippen LogP contribution in [0.4, 0.5) is 5.69 Å². The molecule has 1 amide bonds. The van der Waals surface area contributed by atoms with E-state index in [1.165, 1.54) is 21.5 Å². The molecule has 0 fully saturated rings. The molecule has 3 aromatic carbocycles. The molecule has 2 nitrogen and oxygen atoms in total. The van der Waals surface area contributed by atoms with Crippen LogP contribution in [0.1, 0.15) is 5.56 Å². The Morgan fingerprint density at radius 3 is 2.72 bits per heavy atom. The number of rotatable bonds is 0. The average Bonchev–Trinajstić information content (AvgIpc) is 2.38. The number of anilines is 1. The number of carbonyl (C=O) groups is 1. The summed E-state index contributed by atoms with van der Waals surface area (Å²) in [5, 5.41) is 7.81. The van der Waals surface area contributed by atoms with Gasteiger partial charge in [-0.05, 0) is 33.9 Å². The van der Waals surface area contributed by atoms with E-state index in [-0.39, 0.29) is 5.91 Å². The molecule has 1 heterocycles. The van der Waals surface area contributed by atoms with Crippen molar-refractivity contribution in [2.45, 2.75) is 6.42 Å². The molecule has 3 aromatic rings. The SMILES string of the molecule is O=C1Cc2cc3ccccc3c3cccc(c23)N1. The van der Waals surface area contributed by atoms with Crippen molar-refractivity contribution >= 4 is 33.1 Å². The van der Waals surface area contributed by atoms with Gasteiger partial charge < -0.3 is 5.32 Å². The molecule has 86 valence electrons. The fourth-order valence-electron chi connectivity index (χ4n) is 2.86. The van der Waals surface area contributed by atoms with Crippen LogP contribution >= 0.6 is 0 Å². The van der Waals surface area contributed by atoms with Crippen molar-refractivity contribution in [3.05, 3.63) is 54.1 Å². The van der Waals surface area contributed by atoms with Gasteiger partial charge in [0.15, 0.2) is 0 Å². The van der Waals surface area contributed by atoms with Gasteiger partial charge in [-0.25, -0.2) is 0 Å². The summed E-state index contributed by atoms with van der Waals surface area (Å²) in [5.74, 6) is 0.0743. The number of amides is 1.